The van der Waals surface area contributed by atoms with E-state index in [0.29, 0.717) is 18.2 Å². The average Bonchev–Trinajstić information content (AvgIpc) is 3.29. The molecule has 1 saturated carbocycles. The molecule has 0 radical (unpaired) electrons. The van der Waals surface area contributed by atoms with Crippen LogP contribution < -0.4 is 11.1 Å². The lowest BCUT2D eigenvalue weighted by Gasteiger charge is -2.20. The van der Waals surface area contributed by atoms with Gasteiger partial charge >= 0.3 is 0 Å². The number of aromatic nitrogens is 2. The van der Waals surface area contributed by atoms with Crippen LogP contribution in [-0.2, 0) is 10.3 Å². The van der Waals surface area contributed by atoms with Gasteiger partial charge in [-0.2, -0.15) is 11.3 Å². The molecule has 0 atom stereocenters. The number of carbonyl (C=O) groups excluding carboxylic acids is 1. The molecule has 3 N–H and O–H groups in total. The highest BCUT2D eigenvalue weighted by Gasteiger charge is 2.19. The Hall–Kier alpha value is -2.57. The Morgan fingerprint density at radius 3 is 2.48 bits per heavy atom. The first-order valence-corrected chi connectivity index (χ1v) is 11.9. The lowest BCUT2D eigenvalue weighted by atomic mass is 9.87. The molecule has 3 aromatic rings. The lowest BCUT2D eigenvalue weighted by molar-refractivity contribution is -0.117. The molecule has 31 heavy (non-hydrogen) atoms. The molecule has 1 amide bonds. The quantitative estimate of drug-likeness (QED) is 0.500. The second-order valence-electron chi connectivity index (χ2n) is 9.06. The van der Waals surface area contributed by atoms with E-state index in [9.17, 15) is 4.79 Å². The number of hydrogen-bond acceptors (Lipinski definition) is 5. The van der Waals surface area contributed by atoms with E-state index in [1.165, 1.54) is 19.3 Å². The SMILES string of the molecule is CC(C)(N)c1ccc(-c2nnc(NC(=O)CC3CCCCC3)cc2-c2ccsc2)cc1. The fraction of sp³-hybridized carbons (Fsp3) is 0.400. The van der Waals surface area contributed by atoms with Crippen molar-refractivity contribution >= 4 is 23.1 Å². The first kappa shape index (κ1) is 21.7. The molecule has 1 aliphatic rings. The number of hydrogen-bond donors (Lipinski definition) is 2. The average molecular weight is 435 g/mol. The van der Waals surface area contributed by atoms with Crippen molar-refractivity contribution in [3.05, 3.63) is 52.7 Å². The predicted octanol–water partition coefficient (Wildman–Crippen LogP) is 5.97. The summed E-state index contributed by atoms with van der Waals surface area (Å²) >= 11 is 1.64. The number of anilines is 1. The van der Waals surface area contributed by atoms with Crippen molar-refractivity contribution < 1.29 is 4.79 Å². The Bertz CT molecular complexity index is 1020. The molecule has 162 valence electrons. The van der Waals surface area contributed by atoms with Crippen molar-refractivity contribution in [2.75, 3.05) is 5.32 Å². The summed E-state index contributed by atoms with van der Waals surface area (Å²) in [5.41, 5.74) is 10.7. The van der Waals surface area contributed by atoms with E-state index in [1.807, 2.05) is 49.6 Å². The number of nitrogens with two attached hydrogens (primary N) is 1. The maximum atomic E-state index is 12.6. The Labute approximate surface area is 188 Å². The fourth-order valence-electron chi connectivity index (χ4n) is 4.21. The number of nitrogens with zero attached hydrogens (tertiary/aromatic N) is 2. The smallest absolute Gasteiger partial charge is 0.225 e. The molecular formula is C25H30N4OS. The lowest BCUT2D eigenvalue weighted by Crippen LogP contribution is -2.28. The molecule has 4 rings (SSSR count). The number of carbonyl (C=O) groups is 1. The maximum Gasteiger partial charge on any atom is 0.225 e. The zero-order chi connectivity index (χ0) is 21.8. The zero-order valence-electron chi connectivity index (χ0n) is 18.2. The van der Waals surface area contributed by atoms with Gasteiger partial charge in [-0.15, -0.1) is 10.2 Å². The van der Waals surface area contributed by atoms with E-state index in [4.69, 9.17) is 5.73 Å². The number of thiophene rings is 1. The van der Waals surface area contributed by atoms with Gasteiger partial charge < -0.3 is 11.1 Å². The highest BCUT2D eigenvalue weighted by Crippen LogP contribution is 2.34. The van der Waals surface area contributed by atoms with Crippen LogP contribution in [0.2, 0.25) is 0 Å². The minimum Gasteiger partial charge on any atom is -0.322 e. The van der Waals surface area contributed by atoms with Gasteiger partial charge in [0.05, 0.1) is 0 Å². The molecule has 2 aromatic heterocycles. The van der Waals surface area contributed by atoms with Crippen LogP contribution in [0.4, 0.5) is 5.82 Å². The van der Waals surface area contributed by atoms with Gasteiger partial charge in [0, 0.05) is 23.1 Å². The monoisotopic (exact) mass is 434 g/mol. The summed E-state index contributed by atoms with van der Waals surface area (Å²) in [5.74, 6) is 1.02. The molecular weight excluding hydrogens is 404 g/mol. The molecule has 1 aromatic carbocycles. The molecule has 2 heterocycles. The van der Waals surface area contributed by atoms with Gasteiger partial charge in [-0.05, 0) is 66.6 Å². The van der Waals surface area contributed by atoms with Crippen molar-refractivity contribution in [2.45, 2.75) is 57.9 Å². The van der Waals surface area contributed by atoms with Crippen molar-refractivity contribution in [1.82, 2.24) is 10.2 Å². The van der Waals surface area contributed by atoms with Gasteiger partial charge in [0.15, 0.2) is 5.82 Å². The molecule has 0 saturated heterocycles. The van der Waals surface area contributed by atoms with Crippen LogP contribution in [0.5, 0.6) is 0 Å². The normalized spacial score (nSPS) is 15.1. The van der Waals surface area contributed by atoms with Crippen molar-refractivity contribution in [3.8, 4) is 22.4 Å². The minimum absolute atomic E-state index is 0.0275. The Morgan fingerprint density at radius 1 is 1.10 bits per heavy atom. The van der Waals surface area contributed by atoms with E-state index < -0.39 is 5.54 Å². The summed E-state index contributed by atoms with van der Waals surface area (Å²) in [4.78, 5) is 12.6. The largest absolute Gasteiger partial charge is 0.322 e. The van der Waals surface area contributed by atoms with Crippen LogP contribution in [0.15, 0.2) is 47.2 Å². The number of amides is 1. The summed E-state index contributed by atoms with van der Waals surface area (Å²) in [7, 11) is 0. The molecule has 0 unspecified atom stereocenters. The number of benzene rings is 1. The van der Waals surface area contributed by atoms with E-state index in [-0.39, 0.29) is 5.91 Å². The number of rotatable bonds is 6. The van der Waals surface area contributed by atoms with Crippen molar-refractivity contribution in [2.24, 2.45) is 11.7 Å². The van der Waals surface area contributed by atoms with Crippen LogP contribution in [0, 0.1) is 5.92 Å². The Kier molecular flexibility index (Phi) is 6.49. The third-order valence-corrected chi connectivity index (χ3v) is 6.68. The highest BCUT2D eigenvalue weighted by molar-refractivity contribution is 7.08. The second-order valence-corrected chi connectivity index (χ2v) is 9.84. The minimum atomic E-state index is -0.396. The van der Waals surface area contributed by atoms with E-state index in [2.05, 4.69) is 27.0 Å². The first-order chi connectivity index (χ1) is 14.9. The molecule has 5 nitrogen and oxygen atoms in total. The van der Waals surface area contributed by atoms with Gasteiger partial charge in [0.2, 0.25) is 5.91 Å². The number of nitrogens with one attached hydrogen (secondary N) is 1. The van der Waals surface area contributed by atoms with Crippen molar-refractivity contribution in [1.29, 1.82) is 0 Å². The summed E-state index contributed by atoms with van der Waals surface area (Å²) in [6, 6.07) is 12.1. The topological polar surface area (TPSA) is 80.9 Å². The van der Waals surface area contributed by atoms with Gasteiger partial charge in [-0.3, -0.25) is 4.79 Å². The maximum absolute atomic E-state index is 12.6. The van der Waals surface area contributed by atoms with Crippen LogP contribution in [-0.4, -0.2) is 16.1 Å². The molecule has 1 aliphatic carbocycles. The first-order valence-electron chi connectivity index (χ1n) is 11.0. The fourth-order valence-corrected chi connectivity index (χ4v) is 4.86. The van der Waals surface area contributed by atoms with Gasteiger partial charge in [0.25, 0.3) is 0 Å². The molecule has 6 heteroatoms. The van der Waals surface area contributed by atoms with Gasteiger partial charge in [0.1, 0.15) is 5.69 Å². The van der Waals surface area contributed by atoms with Crippen LogP contribution in [0.1, 0.15) is 57.9 Å². The second kappa shape index (κ2) is 9.28. The summed E-state index contributed by atoms with van der Waals surface area (Å²) in [6.45, 7) is 3.98. The molecule has 1 fully saturated rings. The Morgan fingerprint density at radius 2 is 1.84 bits per heavy atom. The third-order valence-electron chi connectivity index (χ3n) is 5.99. The van der Waals surface area contributed by atoms with E-state index >= 15 is 0 Å². The van der Waals surface area contributed by atoms with Gasteiger partial charge in [-0.1, -0.05) is 43.5 Å². The predicted molar refractivity (Wildman–Crippen MR) is 128 cm³/mol. The third kappa shape index (κ3) is 5.38. The summed E-state index contributed by atoms with van der Waals surface area (Å²) in [5, 5.41) is 15.9. The van der Waals surface area contributed by atoms with Crippen LogP contribution >= 0.6 is 11.3 Å². The highest BCUT2D eigenvalue weighted by atomic mass is 32.1. The van der Waals surface area contributed by atoms with Crippen LogP contribution in [0.25, 0.3) is 22.4 Å². The van der Waals surface area contributed by atoms with E-state index in [1.54, 1.807) is 11.3 Å². The van der Waals surface area contributed by atoms with Crippen LogP contribution in [0.3, 0.4) is 0 Å². The standard InChI is InChI=1S/C25H30N4OS/c1-25(2,26)20-10-8-18(9-11-20)24-21(19-12-13-31-16-19)15-22(28-29-24)27-23(30)14-17-6-4-3-5-7-17/h8-13,15-17H,3-7,14,26H2,1-2H3,(H,27,28,30). The van der Waals surface area contributed by atoms with Gasteiger partial charge in [-0.25, -0.2) is 0 Å². The van der Waals surface area contributed by atoms with Crippen molar-refractivity contribution in [3.63, 3.8) is 0 Å². The van der Waals surface area contributed by atoms with E-state index in [0.717, 1.165) is 40.8 Å². The Balaban J connectivity index is 1.59. The summed E-state index contributed by atoms with van der Waals surface area (Å²) < 4.78 is 0. The zero-order valence-corrected chi connectivity index (χ0v) is 19.0. The molecule has 0 spiro atoms. The summed E-state index contributed by atoms with van der Waals surface area (Å²) in [6.07, 6.45) is 6.61. The molecule has 0 aliphatic heterocycles. The molecule has 0 bridgehead atoms.